The maximum absolute atomic E-state index is 12.2. The second-order valence-electron chi connectivity index (χ2n) is 4.88. The fourth-order valence-corrected chi connectivity index (χ4v) is 2.13. The number of hydrogen-bond donors (Lipinski definition) is 2. The highest BCUT2D eigenvalue weighted by Crippen LogP contribution is 2.27. The molecule has 2 rings (SSSR count). The Kier molecular flexibility index (Phi) is 5.36. The number of rotatable bonds is 4. The SMILES string of the molecule is Cc1c(N=C=O)cccc1NC(=O)Nc1cccc(N=C=O)c1C. The summed E-state index contributed by atoms with van der Waals surface area (Å²) in [5.41, 5.74) is 3.19. The van der Waals surface area contributed by atoms with E-state index in [1.165, 1.54) is 12.2 Å². The Morgan fingerprint density at radius 2 is 1.25 bits per heavy atom. The lowest BCUT2D eigenvalue weighted by atomic mass is 10.1. The molecule has 120 valence electrons. The Morgan fingerprint density at radius 1 is 0.833 bits per heavy atom. The van der Waals surface area contributed by atoms with Gasteiger partial charge in [-0.1, -0.05) is 12.1 Å². The van der Waals surface area contributed by atoms with Crippen molar-refractivity contribution in [2.45, 2.75) is 13.8 Å². The van der Waals surface area contributed by atoms with Gasteiger partial charge in [0, 0.05) is 11.4 Å². The third-order valence-electron chi connectivity index (χ3n) is 3.44. The Labute approximate surface area is 138 Å². The Hall–Kier alpha value is -3.53. The second-order valence-corrected chi connectivity index (χ2v) is 4.88. The van der Waals surface area contributed by atoms with E-state index < -0.39 is 6.03 Å². The standard InChI is InChI=1S/C17H14N4O3/c1-11-13(18-9-22)5-3-7-15(11)20-17(24)21-16-8-4-6-14(12(16)2)19-10-23/h3-8H,1-2H3,(H2,20,21,24). The van der Waals surface area contributed by atoms with Gasteiger partial charge in [0.1, 0.15) is 0 Å². The van der Waals surface area contributed by atoms with Gasteiger partial charge in [0.25, 0.3) is 0 Å². The van der Waals surface area contributed by atoms with Crippen LogP contribution in [0.5, 0.6) is 0 Å². The molecule has 0 atom stereocenters. The van der Waals surface area contributed by atoms with E-state index in [0.717, 1.165) is 0 Å². The van der Waals surface area contributed by atoms with Crippen molar-refractivity contribution < 1.29 is 14.4 Å². The number of carbonyl (C=O) groups excluding carboxylic acids is 3. The summed E-state index contributed by atoms with van der Waals surface area (Å²) in [5.74, 6) is 0. The minimum absolute atomic E-state index is 0.432. The molecule has 0 aliphatic heterocycles. The van der Waals surface area contributed by atoms with Crippen LogP contribution in [0.25, 0.3) is 0 Å². The van der Waals surface area contributed by atoms with E-state index in [-0.39, 0.29) is 0 Å². The van der Waals surface area contributed by atoms with Gasteiger partial charge in [-0.05, 0) is 49.2 Å². The molecule has 2 N–H and O–H groups in total. The molecule has 2 aromatic carbocycles. The van der Waals surface area contributed by atoms with Crippen molar-refractivity contribution in [3.05, 3.63) is 47.5 Å². The lowest BCUT2D eigenvalue weighted by molar-refractivity contribution is 0.262. The number of carbonyl (C=O) groups is 1. The van der Waals surface area contributed by atoms with Gasteiger partial charge in [-0.2, -0.15) is 9.98 Å². The zero-order valence-corrected chi connectivity index (χ0v) is 13.1. The number of nitrogens with zero attached hydrogens (tertiary/aromatic N) is 2. The summed E-state index contributed by atoms with van der Waals surface area (Å²) in [6, 6.07) is 9.55. The number of urea groups is 1. The van der Waals surface area contributed by atoms with Crippen LogP contribution in [0.15, 0.2) is 46.4 Å². The van der Waals surface area contributed by atoms with Gasteiger partial charge >= 0.3 is 6.03 Å². The van der Waals surface area contributed by atoms with Crippen LogP contribution in [0.2, 0.25) is 0 Å². The summed E-state index contributed by atoms with van der Waals surface area (Å²) in [7, 11) is 0. The van der Waals surface area contributed by atoms with Crippen LogP contribution in [0, 0.1) is 13.8 Å². The normalized spacial score (nSPS) is 9.42. The molecule has 0 aromatic heterocycles. The van der Waals surface area contributed by atoms with E-state index in [4.69, 9.17) is 0 Å². The number of isocyanates is 2. The Morgan fingerprint density at radius 3 is 1.62 bits per heavy atom. The van der Waals surface area contributed by atoms with E-state index in [0.29, 0.717) is 33.9 Å². The molecule has 0 aliphatic carbocycles. The van der Waals surface area contributed by atoms with Gasteiger partial charge in [-0.15, -0.1) is 0 Å². The fourth-order valence-electron chi connectivity index (χ4n) is 2.13. The summed E-state index contributed by atoms with van der Waals surface area (Å²) in [5, 5.41) is 5.38. The third-order valence-corrected chi connectivity index (χ3v) is 3.44. The molecule has 0 saturated carbocycles. The Bertz CT molecular complexity index is 808. The third kappa shape index (κ3) is 3.81. The van der Waals surface area contributed by atoms with E-state index >= 15 is 0 Å². The zero-order chi connectivity index (χ0) is 17.5. The lowest BCUT2D eigenvalue weighted by Crippen LogP contribution is -2.20. The first-order valence-corrected chi connectivity index (χ1v) is 6.99. The molecule has 0 radical (unpaired) electrons. The van der Waals surface area contributed by atoms with E-state index in [9.17, 15) is 14.4 Å². The van der Waals surface area contributed by atoms with Crippen molar-refractivity contribution in [2.75, 3.05) is 10.6 Å². The molecule has 0 unspecified atom stereocenters. The molecule has 2 amide bonds. The van der Waals surface area contributed by atoms with Gasteiger partial charge in [0.15, 0.2) is 0 Å². The summed E-state index contributed by atoms with van der Waals surface area (Å²) in [6.07, 6.45) is 2.95. The first-order valence-electron chi connectivity index (χ1n) is 6.99. The summed E-state index contributed by atoms with van der Waals surface area (Å²) < 4.78 is 0. The molecule has 0 heterocycles. The molecule has 0 aliphatic rings. The van der Waals surface area contributed by atoms with Crippen LogP contribution < -0.4 is 10.6 Å². The maximum atomic E-state index is 12.2. The predicted octanol–water partition coefficient (Wildman–Crippen LogP) is 3.88. The van der Waals surface area contributed by atoms with Crippen molar-refractivity contribution in [1.29, 1.82) is 0 Å². The fraction of sp³-hybridized carbons (Fsp3) is 0.118. The zero-order valence-electron chi connectivity index (χ0n) is 13.1. The minimum Gasteiger partial charge on any atom is -0.307 e. The number of hydrogen-bond acceptors (Lipinski definition) is 5. The first kappa shape index (κ1) is 16.8. The van der Waals surface area contributed by atoms with Gasteiger partial charge in [-0.3, -0.25) is 0 Å². The summed E-state index contributed by atoms with van der Waals surface area (Å²) >= 11 is 0. The van der Waals surface area contributed by atoms with Crippen molar-refractivity contribution in [3.8, 4) is 0 Å². The first-order chi connectivity index (χ1) is 11.6. The quantitative estimate of drug-likeness (QED) is 0.659. The summed E-state index contributed by atoms with van der Waals surface area (Å²) in [6.45, 7) is 3.47. The van der Waals surface area contributed by atoms with E-state index in [1.54, 1.807) is 50.2 Å². The van der Waals surface area contributed by atoms with Crippen molar-refractivity contribution in [2.24, 2.45) is 9.98 Å². The molecular formula is C17H14N4O3. The smallest absolute Gasteiger partial charge is 0.307 e. The van der Waals surface area contributed by atoms with Crippen LogP contribution in [-0.2, 0) is 9.59 Å². The molecule has 0 spiro atoms. The van der Waals surface area contributed by atoms with Crippen LogP contribution >= 0.6 is 0 Å². The average molecular weight is 322 g/mol. The number of anilines is 2. The van der Waals surface area contributed by atoms with Crippen LogP contribution in [0.1, 0.15) is 11.1 Å². The summed E-state index contributed by atoms with van der Waals surface area (Å²) in [4.78, 5) is 40.1. The predicted molar refractivity (Wildman–Crippen MR) is 90.6 cm³/mol. The van der Waals surface area contributed by atoms with Crippen LogP contribution in [-0.4, -0.2) is 18.2 Å². The molecule has 7 nitrogen and oxygen atoms in total. The number of amides is 2. The minimum atomic E-state index is -0.472. The average Bonchev–Trinajstić information content (AvgIpc) is 2.55. The highest BCUT2D eigenvalue weighted by molar-refractivity contribution is 6.01. The van der Waals surface area contributed by atoms with Gasteiger partial charge in [-0.25, -0.2) is 14.4 Å². The molecular weight excluding hydrogens is 308 g/mol. The monoisotopic (exact) mass is 322 g/mol. The number of aliphatic imine (C=N–C) groups is 2. The molecule has 0 saturated heterocycles. The van der Waals surface area contributed by atoms with Crippen LogP contribution in [0.3, 0.4) is 0 Å². The molecule has 0 bridgehead atoms. The van der Waals surface area contributed by atoms with Crippen molar-refractivity contribution >= 4 is 40.9 Å². The highest BCUT2D eigenvalue weighted by atomic mass is 16.2. The van der Waals surface area contributed by atoms with Crippen molar-refractivity contribution in [3.63, 3.8) is 0 Å². The van der Waals surface area contributed by atoms with Crippen molar-refractivity contribution in [1.82, 2.24) is 0 Å². The molecule has 0 fully saturated rings. The topological polar surface area (TPSA) is 100.0 Å². The Balaban J connectivity index is 2.21. The number of nitrogens with one attached hydrogen (secondary N) is 2. The van der Waals surface area contributed by atoms with E-state index in [2.05, 4.69) is 20.6 Å². The van der Waals surface area contributed by atoms with Crippen LogP contribution in [0.4, 0.5) is 27.5 Å². The van der Waals surface area contributed by atoms with E-state index in [1.807, 2.05) is 0 Å². The second kappa shape index (κ2) is 7.65. The largest absolute Gasteiger partial charge is 0.323 e. The highest BCUT2D eigenvalue weighted by Gasteiger charge is 2.10. The molecule has 2 aromatic rings. The molecule has 7 heteroatoms. The van der Waals surface area contributed by atoms with Gasteiger partial charge < -0.3 is 10.6 Å². The van der Waals surface area contributed by atoms with Gasteiger partial charge in [0.05, 0.1) is 11.4 Å². The van der Waals surface area contributed by atoms with Gasteiger partial charge in [0.2, 0.25) is 12.2 Å². The number of benzene rings is 2. The lowest BCUT2D eigenvalue weighted by Gasteiger charge is -2.13. The maximum Gasteiger partial charge on any atom is 0.323 e. The molecule has 24 heavy (non-hydrogen) atoms.